The first kappa shape index (κ1) is 25.0. The number of pyridine rings is 1. The summed E-state index contributed by atoms with van der Waals surface area (Å²) in [6, 6.07) is 10.9. The molecule has 0 bridgehead atoms. The molecule has 1 amide bonds. The summed E-state index contributed by atoms with van der Waals surface area (Å²) in [7, 11) is 1.73. The van der Waals surface area contributed by atoms with E-state index >= 15 is 0 Å². The van der Waals surface area contributed by atoms with Crippen molar-refractivity contribution in [2.24, 2.45) is 29.6 Å². The second kappa shape index (κ2) is 8.84. The number of methoxy groups -OCH3 is 1. The molecule has 4 aliphatic carbocycles. The molecule has 10 rings (SSSR count). The van der Waals surface area contributed by atoms with Crippen molar-refractivity contribution in [3.8, 4) is 17.3 Å². The van der Waals surface area contributed by atoms with Gasteiger partial charge < -0.3 is 23.5 Å². The van der Waals surface area contributed by atoms with Gasteiger partial charge in [0.2, 0.25) is 0 Å². The van der Waals surface area contributed by atoms with Crippen LogP contribution in [0.25, 0.3) is 33.6 Å². The average molecular weight is 578 g/mol. The molecule has 6 aliphatic rings. The molecule has 2 saturated heterocycles. The van der Waals surface area contributed by atoms with Gasteiger partial charge in [0.25, 0.3) is 5.91 Å². The van der Waals surface area contributed by atoms with Gasteiger partial charge in [0.15, 0.2) is 5.82 Å². The molecule has 8 nitrogen and oxygen atoms in total. The molecule has 1 unspecified atom stereocenters. The predicted octanol–water partition coefficient (Wildman–Crippen LogP) is 5.91. The maximum absolute atomic E-state index is 14.0. The molecule has 1 spiro atoms. The van der Waals surface area contributed by atoms with E-state index in [1.807, 2.05) is 24.4 Å². The first-order valence-corrected chi connectivity index (χ1v) is 16.6. The van der Waals surface area contributed by atoms with E-state index in [4.69, 9.17) is 19.4 Å². The molecular formula is C35H39N5O3. The van der Waals surface area contributed by atoms with Gasteiger partial charge in [-0.1, -0.05) is 0 Å². The lowest BCUT2D eigenvalue weighted by Crippen LogP contribution is -2.53. The number of amides is 1. The van der Waals surface area contributed by atoms with E-state index in [2.05, 4.69) is 26.2 Å². The summed E-state index contributed by atoms with van der Waals surface area (Å²) in [5, 5.41) is 1.14. The Bertz CT molecular complexity index is 1790. The van der Waals surface area contributed by atoms with Crippen LogP contribution in [0.2, 0.25) is 0 Å². The fourth-order valence-electron chi connectivity index (χ4n) is 9.72. The molecule has 3 aromatic heterocycles. The highest BCUT2D eigenvalue weighted by molar-refractivity contribution is 6.00. The monoisotopic (exact) mass is 577 g/mol. The molecule has 43 heavy (non-hydrogen) atoms. The van der Waals surface area contributed by atoms with E-state index in [9.17, 15) is 4.79 Å². The number of hydrogen-bond acceptors (Lipinski definition) is 5. The summed E-state index contributed by atoms with van der Waals surface area (Å²) < 4.78 is 17.1. The zero-order chi connectivity index (χ0) is 28.4. The minimum atomic E-state index is 0.0886. The average Bonchev–Trinajstić information content (AvgIpc) is 3.35. The van der Waals surface area contributed by atoms with E-state index in [-0.39, 0.29) is 11.5 Å². The number of aromatic nitrogens is 4. The third-order valence-electron chi connectivity index (χ3n) is 12.0. The number of carbonyl (C=O) groups excluding carboxylic acids is 1. The van der Waals surface area contributed by atoms with Crippen molar-refractivity contribution in [1.82, 2.24) is 24.0 Å². The molecule has 6 fully saturated rings. The highest BCUT2D eigenvalue weighted by Gasteiger charge is 2.61. The van der Waals surface area contributed by atoms with Gasteiger partial charge in [-0.25, -0.2) is 9.97 Å². The zero-order valence-electron chi connectivity index (χ0n) is 24.9. The van der Waals surface area contributed by atoms with Crippen LogP contribution in [0.3, 0.4) is 0 Å². The van der Waals surface area contributed by atoms with Crippen LogP contribution in [0.5, 0.6) is 5.75 Å². The first-order valence-electron chi connectivity index (χ1n) is 16.6. The molecule has 4 aromatic rings. The molecule has 5 heterocycles. The largest absolute Gasteiger partial charge is 0.494 e. The van der Waals surface area contributed by atoms with E-state index < -0.39 is 0 Å². The standard InChI is InChI=1S/C35H39N5O3/c1-42-29-14-24(34(41)39-19-25-10-23-13-27(39)30(23)25)11-26-31(29)40(18-21-15-35(16-21)7-3-9-43-35)33(37-26)28-12-22-4-2-8-36-32(22)38(28)17-20-5-6-20/h2,4,8,11-12,14,20-21,23,25,27,30H,3,5-7,9-10,13,15-19H2,1H3/t21?,23?,25-,27-,30-,35?/m1/s1. The normalized spacial score (nSPS) is 32.2. The Hall–Kier alpha value is -3.39. The van der Waals surface area contributed by atoms with Gasteiger partial charge in [0.05, 0.1) is 23.9 Å². The Morgan fingerprint density at radius 3 is 2.74 bits per heavy atom. The van der Waals surface area contributed by atoms with Gasteiger partial charge in [-0.3, -0.25) is 4.79 Å². The highest BCUT2D eigenvalue weighted by atomic mass is 16.5. The summed E-state index contributed by atoms with van der Waals surface area (Å²) in [4.78, 5) is 26.3. The molecule has 2 aliphatic heterocycles. The van der Waals surface area contributed by atoms with Crippen molar-refractivity contribution in [1.29, 1.82) is 0 Å². The number of imidazole rings is 1. The second-order valence-electron chi connectivity index (χ2n) is 14.6. The zero-order valence-corrected chi connectivity index (χ0v) is 24.9. The lowest BCUT2D eigenvalue weighted by atomic mass is 9.53. The number of ether oxygens (including phenoxy) is 2. The van der Waals surface area contributed by atoms with Gasteiger partial charge in [-0.2, -0.15) is 0 Å². The van der Waals surface area contributed by atoms with E-state index in [0.717, 1.165) is 90.3 Å². The van der Waals surface area contributed by atoms with Crippen LogP contribution in [-0.4, -0.2) is 61.8 Å². The minimum absolute atomic E-state index is 0.0886. The maximum atomic E-state index is 14.0. The first-order chi connectivity index (χ1) is 21.1. The Balaban J connectivity index is 1.10. The lowest BCUT2D eigenvalue weighted by Gasteiger charge is -2.52. The van der Waals surface area contributed by atoms with Gasteiger partial charge in [0.1, 0.15) is 16.9 Å². The van der Waals surface area contributed by atoms with Crippen molar-refractivity contribution in [2.75, 3.05) is 20.3 Å². The van der Waals surface area contributed by atoms with Crippen molar-refractivity contribution in [3.05, 3.63) is 42.1 Å². The molecule has 1 aromatic carbocycles. The molecule has 222 valence electrons. The fraction of sp³-hybridized carbons (Fsp3) is 0.571. The summed E-state index contributed by atoms with van der Waals surface area (Å²) in [6.45, 7) is 3.62. The molecule has 8 heteroatoms. The van der Waals surface area contributed by atoms with Gasteiger partial charge in [0, 0.05) is 49.4 Å². The van der Waals surface area contributed by atoms with Crippen molar-refractivity contribution >= 4 is 28.0 Å². The quantitative estimate of drug-likeness (QED) is 0.273. The summed E-state index contributed by atoms with van der Waals surface area (Å²) >= 11 is 0. The summed E-state index contributed by atoms with van der Waals surface area (Å²) in [5.41, 5.74) is 4.75. The van der Waals surface area contributed by atoms with Crippen molar-refractivity contribution < 1.29 is 14.3 Å². The molecule has 0 N–H and O–H groups in total. The number of fused-ring (bicyclic) bond motifs is 2. The van der Waals surface area contributed by atoms with E-state index in [0.29, 0.717) is 29.4 Å². The maximum Gasteiger partial charge on any atom is 0.254 e. The van der Waals surface area contributed by atoms with Crippen molar-refractivity contribution in [2.45, 2.75) is 76.1 Å². The van der Waals surface area contributed by atoms with Crippen LogP contribution in [-0.2, 0) is 17.8 Å². The molecular weight excluding hydrogens is 538 g/mol. The fourth-order valence-corrected chi connectivity index (χ4v) is 9.72. The van der Waals surface area contributed by atoms with E-state index in [1.165, 1.54) is 38.5 Å². The van der Waals surface area contributed by atoms with Gasteiger partial charge in [-0.15, -0.1) is 0 Å². The summed E-state index contributed by atoms with van der Waals surface area (Å²) in [5.74, 6) is 5.36. The SMILES string of the molecule is COc1cc(C(=O)N2C[C@H]3CC4C[C@@H]2[C@H]43)cc2nc(-c3cc4cccnc4n3CC3CC3)n(CC3CC4(CCCO4)C3)c12. The topological polar surface area (TPSA) is 74.4 Å². The third kappa shape index (κ3) is 3.62. The smallest absolute Gasteiger partial charge is 0.254 e. The van der Waals surface area contributed by atoms with Crippen LogP contribution in [0.4, 0.5) is 0 Å². The van der Waals surface area contributed by atoms with Crippen LogP contribution in [0.15, 0.2) is 36.5 Å². The Morgan fingerprint density at radius 2 is 1.98 bits per heavy atom. The van der Waals surface area contributed by atoms with Crippen molar-refractivity contribution in [3.63, 3.8) is 0 Å². The lowest BCUT2D eigenvalue weighted by molar-refractivity contribution is -0.0939. The molecule has 4 atom stereocenters. The number of benzene rings is 1. The number of likely N-dealkylation sites (tertiary alicyclic amines) is 1. The van der Waals surface area contributed by atoms with Gasteiger partial charge >= 0.3 is 0 Å². The van der Waals surface area contributed by atoms with Gasteiger partial charge in [-0.05, 0) is 111 Å². The third-order valence-corrected chi connectivity index (χ3v) is 12.0. The molecule has 0 radical (unpaired) electrons. The second-order valence-corrected chi connectivity index (χ2v) is 14.6. The summed E-state index contributed by atoms with van der Waals surface area (Å²) in [6.07, 6.45) is 11.5. The van der Waals surface area contributed by atoms with E-state index in [1.54, 1.807) is 7.11 Å². The predicted molar refractivity (Wildman–Crippen MR) is 163 cm³/mol. The number of rotatable bonds is 7. The van der Waals surface area contributed by atoms with Crippen LogP contribution in [0.1, 0.15) is 61.7 Å². The highest BCUT2D eigenvalue weighted by Crippen LogP contribution is 2.61. The number of nitrogens with zero attached hydrogens (tertiary/aromatic N) is 5. The Morgan fingerprint density at radius 1 is 1.09 bits per heavy atom. The van der Waals surface area contributed by atoms with Crippen LogP contribution >= 0.6 is 0 Å². The number of carbonyl (C=O) groups is 1. The minimum Gasteiger partial charge on any atom is -0.494 e. The van der Waals surface area contributed by atoms with Crippen LogP contribution < -0.4 is 4.74 Å². The Labute approximate surface area is 251 Å². The van der Waals surface area contributed by atoms with Crippen LogP contribution in [0, 0.1) is 29.6 Å². The Kier molecular flexibility index (Phi) is 5.14. The number of hydrogen-bond donors (Lipinski definition) is 0. The molecule has 4 saturated carbocycles.